The number of urea groups is 1. The summed E-state index contributed by atoms with van der Waals surface area (Å²) in [5, 5.41) is 5.00. The number of amides is 3. The van der Waals surface area contributed by atoms with Gasteiger partial charge in [0.1, 0.15) is 23.5 Å². The number of hydrogen-bond acceptors (Lipinski definition) is 7. The van der Waals surface area contributed by atoms with Gasteiger partial charge in [-0.2, -0.15) is 13.2 Å². The van der Waals surface area contributed by atoms with Gasteiger partial charge in [0, 0.05) is 43.1 Å². The molecule has 230 valence electrons. The van der Waals surface area contributed by atoms with Crippen molar-refractivity contribution in [3.8, 4) is 11.6 Å². The summed E-state index contributed by atoms with van der Waals surface area (Å²) in [6.45, 7) is 10.5. The first-order valence-electron chi connectivity index (χ1n) is 13.8. The van der Waals surface area contributed by atoms with Crippen LogP contribution in [0.15, 0.2) is 54.9 Å². The van der Waals surface area contributed by atoms with Crippen molar-refractivity contribution in [1.82, 2.24) is 14.9 Å². The average Bonchev–Trinajstić information content (AvgIpc) is 2.93. The summed E-state index contributed by atoms with van der Waals surface area (Å²) >= 11 is 0. The molecule has 1 aliphatic rings. The van der Waals surface area contributed by atoms with E-state index < -0.39 is 23.4 Å². The van der Waals surface area contributed by atoms with E-state index in [4.69, 9.17) is 9.47 Å². The Bertz CT molecular complexity index is 1440. The number of aryl methyl sites for hydroxylation is 1. The molecule has 0 aliphatic carbocycles. The number of ether oxygens (including phenoxy) is 2. The van der Waals surface area contributed by atoms with Crippen molar-refractivity contribution >= 4 is 29.3 Å². The number of anilines is 3. The van der Waals surface area contributed by atoms with E-state index >= 15 is 0 Å². The maximum Gasteiger partial charge on any atom is 0.416 e. The molecule has 10 nitrogen and oxygen atoms in total. The van der Waals surface area contributed by atoms with Crippen molar-refractivity contribution in [3.05, 3.63) is 66.0 Å². The number of alkyl halides is 3. The van der Waals surface area contributed by atoms with Crippen molar-refractivity contribution < 1.29 is 32.2 Å². The molecule has 1 aromatic heterocycles. The lowest BCUT2D eigenvalue weighted by Crippen LogP contribution is -2.55. The number of hydrogen-bond donors (Lipinski definition) is 2. The molecule has 2 aromatic carbocycles. The lowest BCUT2D eigenvalue weighted by molar-refractivity contribution is -0.138. The maximum absolute atomic E-state index is 13.2. The highest BCUT2D eigenvalue weighted by Crippen LogP contribution is 2.33. The molecule has 3 amide bonds. The van der Waals surface area contributed by atoms with Gasteiger partial charge in [-0.1, -0.05) is 13.0 Å². The molecule has 1 aliphatic heterocycles. The summed E-state index contributed by atoms with van der Waals surface area (Å²) in [4.78, 5) is 37.4. The molecule has 1 fully saturated rings. The minimum absolute atomic E-state index is 0.0199. The number of nitrogens with zero attached hydrogens (tertiary/aromatic N) is 4. The van der Waals surface area contributed by atoms with E-state index in [1.54, 1.807) is 35.2 Å². The zero-order valence-corrected chi connectivity index (χ0v) is 24.7. The number of piperazine rings is 1. The third kappa shape index (κ3) is 8.49. The number of rotatable bonds is 6. The minimum atomic E-state index is -4.52. The van der Waals surface area contributed by atoms with Crippen LogP contribution in [0.2, 0.25) is 0 Å². The summed E-state index contributed by atoms with van der Waals surface area (Å²) in [7, 11) is 0. The molecular formula is C30H35F3N6O4. The maximum atomic E-state index is 13.2. The molecule has 0 unspecified atom stereocenters. The molecule has 4 rings (SSSR count). The Morgan fingerprint density at radius 3 is 2.30 bits per heavy atom. The Morgan fingerprint density at radius 1 is 0.977 bits per heavy atom. The topological polar surface area (TPSA) is 109 Å². The quantitative estimate of drug-likeness (QED) is 0.311. The van der Waals surface area contributed by atoms with Crippen LogP contribution in [-0.4, -0.2) is 58.3 Å². The molecule has 13 heteroatoms. The van der Waals surface area contributed by atoms with Crippen molar-refractivity contribution in [2.45, 2.75) is 58.9 Å². The first-order valence-corrected chi connectivity index (χ1v) is 13.8. The molecular weight excluding hydrogens is 565 g/mol. The van der Waals surface area contributed by atoms with Crippen molar-refractivity contribution in [3.63, 3.8) is 0 Å². The second-order valence-corrected chi connectivity index (χ2v) is 11.1. The van der Waals surface area contributed by atoms with Gasteiger partial charge in [0.15, 0.2) is 0 Å². The minimum Gasteiger partial charge on any atom is -0.444 e. The van der Waals surface area contributed by atoms with E-state index in [1.165, 1.54) is 25.4 Å². The van der Waals surface area contributed by atoms with Gasteiger partial charge in [-0.15, -0.1) is 0 Å². The van der Waals surface area contributed by atoms with Crippen LogP contribution in [-0.2, 0) is 10.9 Å². The second-order valence-electron chi connectivity index (χ2n) is 11.1. The summed E-state index contributed by atoms with van der Waals surface area (Å²) in [6, 6.07) is 11.1. The molecule has 1 atom stereocenters. The van der Waals surface area contributed by atoms with E-state index in [0.29, 0.717) is 42.8 Å². The predicted molar refractivity (Wildman–Crippen MR) is 157 cm³/mol. The highest BCUT2D eigenvalue weighted by Gasteiger charge is 2.33. The lowest BCUT2D eigenvalue weighted by Gasteiger charge is -2.42. The van der Waals surface area contributed by atoms with Gasteiger partial charge in [-0.25, -0.2) is 19.6 Å². The smallest absolute Gasteiger partial charge is 0.416 e. The largest absolute Gasteiger partial charge is 0.444 e. The zero-order chi connectivity index (χ0) is 31.4. The van der Waals surface area contributed by atoms with E-state index in [2.05, 4.69) is 25.5 Å². The Hall–Kier alpha value is -4.55. The van der Waals surface area contributed by atoms with Gasteiger partial charge in [0.25, 0.3) is 0 Å². The van der Waals surface area contributed by atoms with E-state index in [1.807, 2.05) is 27.7 Å². The van der Waals surface area contributed by atoms with Gasteiger partial charge < -0.3 is 29.9 Å². The van der Waals surface area contributed by atoms with Crippen LogP contribution in [0.1, 0.15) is 45.2 Å². The highest BCUT2D eigenvalue weighted by molar-refractivity contribution is 5.99. The van der Waals surface area contributed by atoms with Crippen LogP contribution in [0.4, 0.5) is 40.0 Å². The fourth-order valence-electron chi connectivity index (χ4n) is 4.57. The molecule has 2 heterocycles. The molecule has 0 radical (unpaired) electrons. The van der Waals surface area contributed by atoms with Gasteiger partial charge in [-0.05, 0) is 76.1 Å². The van der Waals surface area contributed by atoms with E-state index in [9.17, 15) is 22.8 Å². The third-order valence-corrected chi connectivity index (χ3v) is 6.66. The number of carbonyl (C=O) groups is 2. The Labute approximate surface area is 248 Å². The number of nitrogens with one attached hydrogen (secondary N) is 2. The second kappa shape index (κ2) is 12.8. The van der Waals surface area contributed by atoms with Crippen molar-refractivity contribution in [2.24, 2.45) is 0 Å². The number of halogens is 3. The van der Waals surface area contributed by atoms with Gasteiger partial charge >= 0.3 is 18.3 Å². The Morgan fingerprint density at radius 2 is 1.65 bits per heavy atom. The monoisotopic (exact) mass is 600 g/mol. The van der Waals surface area contributed by atoms with Crippen molar-refractivity contribution in [1.29, 1.82) is 0 Å². The summed E-state index contributed by atoms with van der Waals surface area (Å²) in [5.74, 6) is 1.43. The van der Waals surface area contributed by atoms with Gasteiger partial charge in [0.2, 0.25) is 5.88 Å². The van der Waals surface area contributed by atoms with Crippen LogP contribution >= 0.6 is 0 Å². The number of carbonyl (C=O) groups excluding carboxylic acids is 2. The lowest BCUT2D eigenvalue weighted by atomic mass is 10.1. The van der Waals surface area contributed by atoms with E-state index in [-0.39, 0.29) is 23.4 Å². The van der Waals surface area contributed by atoms with E-state index in [0.717, 1.165) is 12.5 Å². The summed E-state index contributed by atoms with van der Waals surface area (Å²) < 4.78 is 51.0. The first kappa shape index (κ1) is 31.4. The van der Waals surface area contributed by atoms with Gasteiger partial charge in [0.05, 0.1) is 5.56 Å². The summed E-state index contributed by atoms with van der Waals surface area (Å²) in [6.07, 6.45) is -2.66. The van der Waals surface area contributed by atoms with Crippen LogP contribution < -0.4 is 20.3 Å². The first-order chi connectivity index (χ1) is 20.2. The number of benzene rings is 2. The SMILES string of the molecule is CC[C@@H]1CN(C(=O)OC(C)(C)C)CCN1c1cc(Oc2ccc(NC(=O)Nc3ccc(C)c(C(F)(F)F)c3)cc2)ncn1. The normalized spacial score (nSPS) is 15.6. The molecule has 1 saturated heterocycles. The van der Waals surface area contributed by atoms with Gasteiger partial charge in [-0.3, -0.25) is 0 Å². The molecule has 2 N–H and O–H groups in total. The zero-order valence-electron chi connectivity index (χ0n) is 24.7. The Balaban J connectivity index is 1.35. The average molecular weight is 601 g/mol. The van der Waals surface area contributed by atoms with Crippen LogP contribution in [0.25, 0.3) is 0 Å². The molecule has 0 bridgehead atoms. The number of aromatic nitrogens is 2. The molecule has 43 heavy (non-hydrogen) atoms. The predicted octanol–water partition coefficient (Wildman–Crippen LogP) is 7.08. The fraction of sp³-hybridized carbons (Fsp3) is 0.400. The standard InChI is InChI=1S/C30H35F3N6O4/c1-6-22-17-38(28(41)43-29(3,4)5)13-14-39(22)25-16-26(35-18-34-25)42-23-11-9-20(10-12-23)36-27(40)37-21-8-7-19(2)24(15-21)30(31,32)33/h7-12,15-16,18,22H,6,13-14,17H2,1-5H3,(H2,36,37,40)/t22-/m1/s1. The molecule has 3 aromatic rings. The van der Waals surface area contributed by atoms with Crippen LogP contribution in [0.3, 0.4) is 0 Å². The van der Waals surface area contributed by atoms with Crippen LogP contribution in [0.5, 0.6) is 11.6 Å². The van der Waals surface area contributed by atoms with Crippen LogP contribution in [0, 0.1) is 6.92 Å². The fourth-order valence-corrected chi connectivity index (χ4v) is 4.57. The molecule has 0 spiro atoms. The highest BCUT2D eigenvalue weighted by atomic mass is 19.4. The molecule has 0 saturated carbocycles. The third-order valence-electron chi connectivity index (χ3n) is 6.66. The Kier molecular flexibility index (Phi) is 9.31. The summed E-state index contributed by atoms with van der Waals surface area (Å²) in [5.41, 5.74) is -0.888. The van der Waals surface area contributed by atoms with Crippen molar-refractivity contribution in [2.75, 3.05) is 35.2 Å².